The standard InChI is InChI=1S/C18H16BrNO/c1-12(2)20-17(13-8-4-3-5-9-13)16(19)14-10-6-7-11-15(14)18(20)21/h3-12H,1-2H3. The van der Waals surface area contributed by atoms with E-state index < -0.39 is 0 Å². The molecule has 2 aromatic carbocycles. The summed E-state index contributed by atoms with van der Waals surface area (Å²) in [5.74, 6) is 0. The normalized spacial score (nSPS) is 11.2. The van der Waals surface area contributed by atoms with E-state index >= 15 is 0 Å². The zero-order valence-corrected chi connectivity index (χ0v) is 13.6. The van der Waals surface area contributed by atoms with Crippen molar-refractivity contribution >= 4 is 26.7 Å². The lowest BCUT2D eigenvalue weighted by Gasteiger charge is -2.20. The smallest absolute Gasteiger partial charge is 0.259 e. The second-order valence-corrected chi connectivity index (χ2v) is 6.14. The Morgan fingerprint density at radius 3 is 2.10 bits per heavy atom. The topological polar surface area (TPSA) is 22.0 Å². The summed E-state index contributed by atoms with van der Waals surface area (Å²) in [6.45, 7) is 4.07. The first-order chi connectivity index (χ1) is 10.1. The molecule has 3 rings (SSSR count). The van der Waals surface area contributed by atoms with Gasteiger partial charge in [-0.1, -0.05) is 48.5 Å². The maximum absolute atomic E-state index is 12.9. The third kappa shape index (κ3) is 2.32. The zero-order valence-electron chi connectivity index (χ0n) is 12.0. The Hall–Kier alpha value is -1.87. The fraction of sp³-hybridized carbons (Fsp3) is 0.167. The van der Waals surface area contributed by atoms with E-state index in [-0.39, 0.29) is 11.6 Å². The van der Waals surface area contributed by atoms with Crippen LogP contribution in [0.1, 0.15) is 19.9 Å². The molecule has 0 amide bonds. The fourth-order valence-corrected chi connectivity index (χ4v) is 3.45. The average Bonchev–Trinajstić information content (AvgIpc) is 2.51. The van der Waals surface area contributed by atoms with Gasteiger partial charge in [0.2, 0.25) is 0 Å². The maximum atomic E-state index is 12.9. The van der Waals surface area contributed by atoms with Crippen LogP contribution in [0.2, 0.25) is 0 Å². The molecule has 0 atom stereocenters. The van der Waals surface area contributed by atoms with Crippen molar-refractivity contribution in [2.24, 2.45) is 0 Å². The van der Waals surface area contributed by atoms with Gasteiger partial charge in [-0.3, -0.25) is 4.79 Å². The molecular formula is C18H16BrNO. The Kier molecular flexibility index (Phi) is 3.68. The van der Waals surface area contributed by atoms with E-state index in [2.05, 4.69) is 15.9 Å². The summed E-state index contributed by atoms with van der Waals surface area (Å²) in [6, 6.07) is 17.9. The molecule has 0 saturated carbocycles. The van der Waals surface area contributed by atoms with Gasteiger partial charge in [0.05, 0.1) is 5.69 Å². The van der Waals surface area contributed by atoms with Gasteiger partial charge in [-0.15, -0.1) is 0 Å². The van der Waals surface area contributed by atoms with Crippen LogP contribution in [0.25, 0.3) is 22.0 Å². The van der Waals surface area contributed by atoms with Crippen molar-refractivity contribution in [3.05, 3.63) is 69.4 Å². The second kappa shape index (κ2) is 5.49. The molecule has 0 bridgehead atoms. The summed E-state index contributed by atoms with van der Waals surface area (Å²) in [5.41, 5.74) is 2.04. The molecule has 0 aliphatic rings. The first-order valence-corrected chi connectivity index (χ1v) is 7.78. The van der Waals surface area contributed by atoms with E-state index in [1.54, 1.807) is 0 Å². The number of benzene rings is 2. The molecule has 0 spiro atoms. The van der Waals surface area contributed by atoms with Gasteiger partial charge >= 0.3 is 0 Å². The first kappa shape index (κ1) is 14.1. The van der Waals surface area contributed by atoms with Crippen molar-refractivity contribution in [1.29, 1.82) is 0 Å². The Bertz CT molecular complexity index is 850. The Morgan fingerprint density at radius 1 is 0.905 bits per heavy atom. The van der Waals surface area contributed by atoms with Crippen LogP contribution in [0, 0.1) is 0 Å². The molecule has 2 nitrogen and oxygen atoms in total. The molecule has 0 aliphatic carbocycles. The molecule has 0 aliphatic heterocycles. The Morgan fingerprint density at radius 2 is 1.48 bits per heavy atom. The molecule has 0 N–H and O–H groups in total. The monoisotopic (exact) mass is 341 g/mol. The lowest BCUT2D eigenvalue weighted by molar-refractivity contribution is 0.588. The summed E-state index contributed by atoms with van der Waals surface area (Å²) < 4.78 is 2.83. The second-order valence-electron chi connectivity index (χ2n) is 5.34. The summed E-state index contributed by atoms with van der Waals surface area (Å²) in [5, 5.41) is 1.70. The Labute approximate surface area is 132 Å². The highest BCUT2D eigenvalue weighted by Crippen LogP contribution is 2.34. The van der Waals surface area contributed by atoms with Gasteiger partial charge in [0.15, 0.2) is 0 Å². The predicted molar refractivity (Wildman–Crippen MR) is 91.7 cm³/mol. The molecule has 1 aromatic heterocycles. The van der Waals surface area contributed by atoms with E-state index in [1.807, 2.05) is 73.0 Å². The highest BCUT2D eigenvalue weighted by atomic mass is 79.9. The van der Waals surface area contributed by atoms with Crippen molar-refractivity contribution < 1.29 is 0 Å². The third-order valence-corrected chi connectivity index (χ3v) is 4.43. The number of hydrogen-bond donors (Lipinski definition) is 0. The minimum absolute atomic E-state index is 0.0580. The summed E-state index contributed by atoms with van der Waals surface area (Å²) in [6.07, 6.45) is 0. The van der Waals surface area contributed by atoms with Crippen LogP contribution in [0.15, 0.2) is 63.9 Å². The van der Waals surface area contributed by atoms with E-state index in [1.165, 1.54) is 0 Å². The van der Waals surface area contributed by atoms with Crippen LogP contribution in [-0.2, 0) is 0 Å². The summed E-state index contributed by atoms with van der Waals surface area (Å²) in [7, 11) is 0. The molecule has 3 aromatic rings. The number of pyridine rings is 1. The average molecular weight is 342 g/mol. The maximum Gasteiger partial charge on any atom is 0.259 e. The van der Waals surface area contributed by atoms with Crippen LogP contribution in [0.5, 0.6) is 0 Å². The fourth-order valence-electron chi connectivity index (χ4n) is 2.68. The van der Waals surface area contributed by atoms with Gasteiger partial charge in [-0.05, 0) is 41.4 Å². The molecular weight excluding hydrogens is 326 g/mol. The largest absolute Gasteiger partial charge is 0.304 e. The van der Waals surface area contributed by atoms with Crippen LogP contribution >= 0.6 is 15.9 Å². The number of aromatic nitrogens is 1. The van der Waals surface area contributed by atoms with Crippen molar-refractivity contribution in [3.63, 3.8) is 0 Å². The molecule has 0 unspecified atom stereocenters. The summed E-state index contributed by atoms with van der Waals surface area (Å²) >= 11 is 3.71. The molecule has 0 fully saturated rings. The summed E-state index contributed by atoms with van der Waals surface area (Å²) in [4.78, 5) is 12.9. The van der Waals surface area contributed by atoms with E-state index in [0.29, 0.717) is 0 Å². The number of fused-ring (bicyclic) bond motifs is 1. The molecule has 3 heteroatoms. The van der Waals surface area contributed by atoms with Gasteiger partial charge < -0.3 is 4.57 Å². The predicted octanol–water partition coefficient (Wildman–Crippen LogP) is 5.01. The van der Waals surface area contributed by atoms with Crippen molar-refractivity contribution in [2.75, 3.05) is 0 Å². The third-order valence-electron chi connectivity index (χ3n) is 3.63. The molecule has 0 saturated heterocycles. The van der Waals surface area contributed by atoms with Gasteiger partial charge in [0.1, 0.15) is 0 Å². The molecule has 106 valence electrons. The minimum Gasteiger partial charge on any atom is -0.304 e. The van der Waals surface area contributed by atoms with Crippen LogP contribution < -0.4 is 5.56 Å². The van der Waals surface area contributed by atoms with E-state index in [4.69, 9.17) is 0 Å². The first-order valence-electron chi connectivity index (χ1n) is 6.99. The molecule has 21 heavy (non-hydrogen) atoms. The van der Waals surface area contributed by atoms with Gasteiger partial charge in [0, 0.05) is 21.3 Å². The van der Waals surface area contributed by atoms with Crippen LogP contribution in [-0.4, -0.2) is 4.57 Å². The van der Waals surface area contributed by atoms with Crippen molar-refractivity contribution in [2.45, 2.75) is 19.9 Å². The van der Waals surface area contributed by atoms with Crippen molar-refractivity contribution in [3.8, 4) is 11.3 Å². The molecule has 1 heterocycles. The Balaban J connectivity index is 2.51. The minimum atomic E-state index is 0.0580. The van der Waals surface area contributed by atoms with Gasteiger partial charge in [0.25, 0.3) is 5.56 Å². The highest BCUT2D eigenvalue weighted by Gasteiger charge is 2.17. The number of nitrogens with zero attached hydrogens (tertiary/aromatic N) is 1. The van der Waals surface area contributed by atoms with E-state index in [0.717, 1.165) is 26.5 Å². The van der Waals surface area contributed by atoms with E-state index in [9.17, 15) is 4.79 Å². The van der Waals surface area contributed by atoms with Crippen molar-refractivity contribution in [1.82, 2.24) is 4.57 Å². The number of halogens is 1. The number of rotatable bonds is 2. The van der Waals surface area contributed by atoms with Crippen LogP contribution in [0.3, 0.4) is 0 Å². The van der Waals surface area contributed by atoms with Gasteiger partial charge in [-0.25, -0.2) is 0 Å². The van der Waals surface area contributed by atoms with Gasteiger partial charge in [-0.2, -0.15) is 0 Å². The lowest BCUT2D eigenvalue weighted by Crippen LogP contribution is -2.24. The zero-order chi connectivity index (χ0) is 15.0. The highest BCUT2D eigenvalue weighted by molar-refractivity contribution is 9.10. The molecule has 0 radical (unpaired) electrons. The quantitative estimate of drug-likeness (QED) is 0.641. The van der Waals surface area contributed by atoms with Crippen LogP contribution in [0.4, 0.5) is 0 Å². The SMILES string of the molecule is CC(C)n1c(-c2ccccc2)c(Br)c2ccccc2c1=O. The lowest BCUT2D eigenvalue weighted by atomic mass is 10.1. The number of hydrogen-bond acceptors (Lipinski definition) is 1.